The lowest BCUT2D eigenvalue weighted by Crippen LogP contribution is -1.96. The molecule has 17 heavy (non-hydrogen) atoms. The maximum atomic E-state index is 8.86. The van der Waals surface area contributed by atoms with Crippen LogP contribution in [0.2, 0.25) is 0 Å². The standard InChI is InChI=1S/C13H12BrNO2/c14-11-3-1-2-10(6-11)9-17-13-5-4-12(8-16)15-7-13/h1-7,16H,8-9H2. The Labute approximate surface area is 108 Å². The van der Waals surface area contributed by atoms with Crippen molar-refractivity contribution in [2.45, 2.75) is 13.2 Å². The summed E-state index contributed by atoms with van der Waals surface area (Å²) < 4.78 is 6.62. The molecule has 0 radical (unpaired) electrons. The average Bonchev–Trinajstić information content (AvgIpc) is 2.37. The van der Waals surface area contributed by atoms with Crippen molar-refractivity contribution in [1.82, 2.24) is 4.98 Å². The molecule has 3 nitrogen and oxygen atoms in total. The molecule has 1 aromatic heterocycles. The molecule has 0 unspecified atom stereocenters. The third-order valence-electron chi connectivity index (χ3n) is 2.25. The molecule has 0 aliphatic carbocycles. The van der Waals surface area contributed by atoms with Gasteiger partial charge < -0.3 is 9.84 Å². The van der Waals surface area contributed by atoms with Crippen LogP contribution in [0.4, 0.5) is 0 Å². The van der Waals surface area contributed by atoms with E-state index in [-0.39, 0.29) is 6.61 Å². The van der Waals surface area contributed by atoms with Crippen molar-refractivity contribution >= 4 is 15.9 Å². The first-order chi connectivity index (χ1) is 8.28. The summed E-state index contributed by atoms with van der Waals surface area (Å²) >= 11 is 3.41. The summed E-state index contributed by atoms with van der Waals surface area (Å²) in [5, 5.41) is 8.86. The number of aliphatic hydroxyl groups excluding tert-OH is 1. The Kier molecular flexibility index (Phi) is 4.12. The third kappa shape index (κ3) is 3.54. The highest BCUT2D eigenvalue weighted by Crippen LogP contribution is 2.15. The van der Waals surface area contributed by atoms with Gasteiger partial charge in [-0.05, 0) is 29.8 Å². The smallest absolute Gasteiger partial charge is 0.138 e. The number of aliphatic hydroxyl groups is 1. The van der Waals surface area contributed by atoms with Gasteiger partial charge in [0.05, 0.1) is 18.5 Å². The monoisotopic (exact) mass is 293 g/mol. The van der Waals surface area contributed by atoms with Gasteiger partial charge in [0.2, 0.25) is 0 Å². The quantitative estimate of drug-likeness (QED) is 0.942. The van der Waals surface area contributed by atoms with Crippen molar-refractivity contribution in [2.75, 3.05) is 0 Å². The second kappa shape index (κ2) is 5.80. The molecule has 1 aromatic carbocycles. The molecule has 1 heterocycles. The summed E-state index contributed by atoms with van der Waals surface area (Å²) in [6, 6.07) is 11.5. The van der Waals surface area contributed by atoms with Crippen LogP contribution in [0, 0.1) is 0 Å². The van der Waals surface area contributed by atoms with E-state index in [1.165, 1.54) is 0 Å². The zero-order valence-corrected chi connectivity index (χ0v) is 10.7. The minimum atomic E-state index is -0.0497. The molecule has 0 spiro atoms. The van der Waals surface area contributed by atoms with Crippen LogP contribution >= 0.6 is 15.9 Å². The number of aromatic nitrogens is 1. The lowest BCUT2D eigenvalue weighted by Gasteiger charge is -2.06. The molecule has 0 aliphatic rings. The van der Waals surface area contributed by atoms with Crippen LogP contribution in [0.3, 0.4) is 0 Å². The van der Waals surface area contributed by atoms with Gasteiger partial charge in [-0.1, -0.05) is 28.1 Å². The van der Waals surface area contributed by atoms with Gasteiger partial charge in [0, 0.05) is 4.47 Å². The van der Waals surface area contributed by atoms with Crippen LogP contribution in [0.1, 0.15) is 11.3 Å². The number of halogens is 1. The van der Waals surface area contributed by atoms with Gasteiger partial charge in [-0.2, -0.15) is 0 Å². The van der Waals surface area contributed by atoms with E-state index in [1.807, 2.05) is 24.3 Å². The lowest BCUT2D eigenvalue weighted by molar-refractivity contribution is 0.275. The van der Waals surface area contributed by atoms with Gasteiger partial charge in [0.25, 0.3) is 0 Å². The molecule has 88 valence electrons. The van der Waals surface area contributed by atoms with Crippen LogP contribution in [0.15, 0.2) is 47.1 Å². The van der Waals surface area contributed by atoms with Crippen molar-refractivity contribution in [3.63, 3.8) is 0 Å². The van der Waals surface area contributed by atoms with Crippen LogP contribution < -0.4 is 4.74 Å². The highest BCUT2D eigenvalue weighted by Gasteiger charge is 1.98. The second-order valence-electron chi connectivity index (χ2n) is 3.56. The SMILES string of the molecule is OCc1ccc(OCc2cccc(Br)c2)cn1. The van der Waals surface area contributed by atoms with Gasteiger partial charge in [-0.25, -0.2) is 0 Å². The number of hydrogen-bond donors (Lipinski definition) is 1. The zero-order chi connectivity index (χ0) is 12.1. The molecule has 1 N–H and O–H groups in total. The highest BCUT2D eigenvalue weighted by molar-refractivity contribution is 9.10. The topological polar surface area (TPSA) is 42.4 Å². The molecule has 0 atom stereocenters. The molecule has 4 heteroatoms. The molecular formula is C13H12BrNO2. The van der Waals surface area contributed by atoms with Gasteiger partial charge in [-0.15, -0.1) is 0 Å². The Morgan fingerprint density at radius 3 is 2.76 bits per heavy atom. The molecule has 2 aromatic rings. The Hall–Kier alpha value is -1.39. The van der Waals surface area contributed by atoms with E-state index in [9.17, 15) is 0 Å². The van der Waals surface area contributed by atoms with E-state index in [0.717, 1.165) is 10.0 Å². The summed E-state index contributed by atoms with van der Waals surface area (Å²) in [7, 11) is 0. The number of hydrogen-bond acceptors (Lipinski definition) is 3. The largest absolute Gasteiger partial charge is 0.487 e. The predicted molar refractivity (Wildman–Crippen MR) is 68.6 cm³/mol. The van der Waals surface area contributed by atoms with Crippen LogP contribution in [-0.2, 0) is 13.2 Å². The van der Waals surface area contributed by atoms with E-state index in [4.69, 9.17) is 9.84 Å². The maximum absolute atomic E-state index is 8.86. The molecule has 2 rings (SSSR count). The van der Waals surface area contributed by atoms with Gasteiger partial charge in [-0.3, -0.25) is 4.98 Å². The van der Waals surface area contributed by atoms with Crippen molar-refractivity contribution in [2.24, 2.45) is 0 Å². The van der Waals surface area contributed by atoms with E-state index in [1.54, 1.807) is 18.3 Å². The first-order valence-electron chi connectivity index (χ1n) is 5.21. The van der Waals surface area contributed by atoms with E-state index in [0.29, 0.717) is 18.1 Å². The van der Waals surface area contributed by atoms with Crippen molar-refractivity contribution in [3.8, 4) is 5.75 Å². The molecule has 0 saturated carbocycles. The van der Waals surface area contributed by atoms with Gasteiger partial charge in [0.15, 0.2) is 0 Å². The number of pyridine rings is 1. The van der Waals surface area contributed by atoms with Crippen LogP contribution in [0.25, 0.3) is 0 Å². The Morgan fingerprint density at radius 1 is 1.24 bits per heavy atom. The minimum absolute atomic E-state index is 0.0497. The first-order valence-corrected chi connectivity index (χ1v) is 6.00. The summed E-state index contributed by atoms with van der Waals surface area (Å²) in [5.74, 6) is 0.696. The van der Waals surface area contributed by atoms with Crippen molar-refractivity contribution in [3.05, 3.63) is 58.3 Å². The Balaban J connectivity index is 1.97. The third-order valence-corrected chi connectivity index (χ3v) is 2.75. The van der Waals surface area contributed by atoms with Gasteiger partial charge >= 0.3 is 0 Å². The van der Waals surface area contributed by atoms with Crippen molar-refractivity contribution in [1.29, 1.82) is 0 Å². The lowest BCUT2D eigenvalue weighted by atomic mass is 10.2. The number of nitrogens with zero attached hydrogens (tertiary/aromatic N) is 1. The predicted octanol–water partition coefficient (Wildman–Crippen LogP) is 2.92. The normalized spacial score (nSPS) is 10.2. The molecule has 0 amide bonds. The number of ether oxygens (including phenoxy) is 1. The zero-order valence-electron chi connectivity index (χ0n) is 9.14. The fraction of sp³-hybridized carbons (Fsp3) is 0.154. The fourth-order valence-corrected chi connectivity index (χ4v) is 1.83. The van der Waals surface area contributed by atoms with E-state index >= 15 is 0 Å². The highest BCUT2D eigenvalue weighted by atomic mass is 79.9. The fourth-order valence-electron chi connectivity index (χ4n) is 1.38. The minimum Gasteiger partial charge on any atom is -0.487 e. The Bertz CT molecular complexity index is 485. The van der Waals surface area contributed by atoms with Gasteiger partial charge in [0.1, 0.15) is 12.4 Å². The molecule has 0 saturated heterocycles. The number of benzene rings is 1. The molecule has 0 aliphatic heterocycles. The van der Waals surface area contributed by atoms with E-state index < -0.39 is 0 Å². The van der Waals surface area contributed by atoms with Crippen molar-refractivity contribution < 1.29 is 9.84 Å². The number of rotatable bonds is 4. The average molecular weight is 294 g/mol. The summed E-state index contributed by atoms with van der Waals surface area (Å²) in [5.41, 5.74) is 1.73. The molecule has 0 fully saturated rings. The first kappa shape index (κ1) is 12.1. The second-order valence-corrected chi connectivity index (χ2v) is 4.48. The van der Waals surface area contributed by atoms with E-state index in [2.05, 4.69) is 20.9 Å². The summed E-state index contributed by atoms with van der Waals surface area (Å²) in [4.78, 5) is 4.04. The summed E-state index contributed by atoms with van der Waals surface area (Å²) in [6.07, 6.45) is 1.61. The Morgan fingerprint density at radius 2 is 2.12 bits per heavy atom. The molecular weight excluding hydrogens is 282 g/mol. The molecule has 0 bridgehead atoms. The van der Waals surface area contributed by atoms with Crippen LogP contribution in [-0.4, -0.2) is 10.1 Å². The maximum Gasteiger partial charge on any atom is 0.138 e. The van der Waals surface area contributed by atoms with Crippen LogP contribution in [0.5, 0.6) is 5.75 Å². The summed E-state index contributed by atoms with van der Waals surface area (Å²) in [6.45, 7) is 0.450.